The molecule has 0 aliphatic heterocycles. The van der Waals surface area contributed by atoms with Gasteiger partial charge in [0.2, 0.25) is 0 Å². The highest BCUT2D eigenvalue weighted by Gasteiger charge is 2.26. The lowest BCUT2D eigenvalue weighted by Crippen LogP contribution is -2.29. The third-order valence-corrected chi connectivity index (χ3v) is 3.25. The molecule has 6 nitrogen and oxygen atoms in total. The average molecular weight is 330 g/mol. The number of aryl methyl sites for hydroxylation is 1. The van der Waals surface area contributed by atoms with Crippen molar-refractivity contribution < 1.29 is 19.3 Å². The predicted molar refractivity (Wildman–Crippen MR) is 89.0 cm³/mol. The van der Waals surface area contributed by atoms with Gasteiger partial charge in [0.15, 0.2) is 0 Å². The lowest BCUT2D eigenvalue weighted by atomic mass is 10.0. The molecule has 0 fully saturated rings. The highest BCUT2D eigenvalue weighted by Crippen LogP contribution is 2.19. The molecule has 1 heterocycles. The molecule has 1 N–H and O–H groups in total. The van der Waals surface area contributed by atoms with Crippen LogP contribution in [0.1, 0.15) is 37.7 Å². The number of hydrogen-bond acceptors (Lipinski definition) is 6. The van der Waals surface area contributed by atoms with Gasteiger partial charge >= 0.3 is 5.97 Å². The minimum Gasteiger partial charge on any atom is -0.457 e. The van der Waals surface area contributed by atoms with Gasteiger partial charge in [-0.15, -0.1) is 0 Å². The summed E-state index contributed by atoms with van der Waals surface area (Å²) in [5.74, 6) is -0.562. The second kappa shape index (κ2) is 7.40. The molecule has 0 bridgehead atoms. The third kappa shape index (κ3) is 5.03. The maximum atomic E-state index is 12.5. The molecule has 1 unspecified atom stereocenters. The second-order valence-electron chi connectivity index (χ2n) is 6.53. The number of carbonyl (C=O) groups is 1. The number of nitrogens with zero attached hydrogens (tertiary/aromatic N) is 2. The molecule has 128 valence electrons. The van der Waals surface area contributed by atoms with Gasteiger partial charge in [-0.25, -0.2) is 9.42 Å². The number of ether oxygens (including phenoxy) is 1. The van der Waals surface area contributed by atoms with Gasteiger partial charge < -0.3 is 9.84 Å². The van der Waals surface area contributed by atoms with Gasteiger partial charge in [-0.1, -0.05) is 40.6 Å². The number of carbonyl (C=O) groups excluding carboxylic acids is 1. The fourth-order valence-corrected chi connectivity index (χ4v) is 2.08. The van der Waals surface area contributed by atoms with Gasteiger partial charge in [-0.2, -0.15) is 0 Å². The zero-order valence-corrected chi connectivity index (χ0v) is 14.3. The van der Waals surface area contributed by atoms with Crippen LogP contribution in [0.15, 0.2) is 40.5 Å². The Bertz CT molecular complexity index is 714. The van der Waals surface area contributed by atoms with E-state index >= 15 is 0 Å². The number of esters is 1. The maximum absolute atomic E-state index is 12.5. The summed E-state index contributed by atoms with van der Waals surface area (Å²) in [4.78, 5) is 12.5. The van der Waals surface area contributed by atoms with Gasteiger partial charge in [0, 0.05) is 6.42 Å². The van der Waals surface area contributed by atoms with E-state index < -0.39 is 17.7 Å². The molecule has 24 heavy (non-hydrogen) atoms. The lowest BCUT2D eigenvalue weighted by molar-refractivity contribution is -0.150. The molecule has 0 saturated carbocycles. The number of hydrogen-bond donors (Lipinski definition) is 1. The van der Waals surface area contributed by atoms with E-state index in [9.17, 15) is 9.90 Å². The molecule has 1 aromatic heterocycles. The van der Waals surface area contributed by atoms with E-state index in [1.54, 1.807) is 33.8 Å². The van der Waals surface area contributed by atoms with Crippen molar-refractivity contribution in [2.45, 2.75) is 45.8 Å². The van der Waals surface area contributed by atoms with Crippen LogP contribution in [0, 0.1) is 6.92 Å². The molecular weight excluding hydrogens is 308 g/mol. The smallest absolute Gasteiger partial charge is 0.337 e. The average Bonchev–Trinajstić information content (AvgIpc) is 2.89. The van der Waals surface area contributed by atoms with E-state index in [0.717, 1.165) is 5.56 Å². The van der Waals surface area contributed by atoms with E-state index in [2.05, 4.69) is 14.9 Å². The third-order valence-electron chi connectivity index (χ3n) is 3.25. The van der Waals surface area contributed by atoms with E-state index in [0.29, 0.717) is 11.4 Å². The second-order valence-corrected chi connectivity index (χ2v) is 6.53. The molecule has 0 aliphatic carbocycles. The summed E-state index contributed by atoms with van der Waals surface area (Å²) in [5, 5.41) is 18.0. The van der Waals surface area contributed by atoms with Crippen LogP contribution in [0.3, 0.4) is 0 Å². The van der Waals surface area contributed by atoms with Crippen LogP contribution in [0.25, 0.3) is 6.08 Å². The van der Waals surface area contributed by atoms with Crippen molar-refractivity contribution in [2.24, 2.45) is 0 Å². The Balaban J connectivity index is 2.30. The Hall–Kier alpha value is -2.47. The first-order chi connectivity index (χ1) is 11.3. The molecule has 1 aromatic carbocycles. The van der Waals surface area contributed by atoms with Crippen molar-refractivity contribution >= 4 is 12.0 Å². The van der Waals surface area contributed by atoms with Crippen molar-refractivity contribution in [1.82, 2.24) is 10.3 Å². The van der Waals surface area contributed by atoms with E-state index in [1.807, 2.05) is 30.3 Å². The molecule has 0 amide bonds. The molecule has 0 aliphatic rings. The van der Waals surface area contributed by atoms with Gasteiger partial charge in [-0.05, 0) is 39.3 Å². The highest BCUT2D eigenvalue weighted by atomic mass is 16.6. The minimum atomic E-state index is -1.08. The van der Waals surface area contributed by atoms with Crippen molar-refractivity contribution in [2.75, 3.05) is 0 Å². The summed E-state index contributed by atoms with van der Waals surface area (Å²) in [5.41, 5.74) is 1.39. The standard InChI is InChI=1S/C18H22N2O4/c1-12-15(20-24-19-12)11-16(21)14(17(22)23-18(2,3)4)10-13-8-6-5-7-9-13/h5-10,16,21H,11H2,1-4H3/b14-10-. The van der Waals surface area contributed by atoms with Crippen LogP contribution in [0.4, 0.5) is 0 Å². The molecule has 2 aromatic rings. The van der Waals surface area contributed by atoms with Crippen molar-refractivity contribution in [3.05, 3.63) is 52.9 Å². The molecular formula is C18H22N2O4. The molecule has 0 radical (unpaired) electrons. The molecule has 6 heteroatoms. The normalized spacial score (nSPS) is 13.6. The molecule has 0 saturated heterocycles. The van der Waals surface area contributed by atoms with Crippen LogP contribution in [0.5, 0.6) is 0 Å². The van der Waals surface area contributed by atoms with Crippen LogP contribution in [-0.2, 0) is 16.0 Å². The fourth-order valence-electron chi connectivity index (χ4n) is 2.08. The Morgan fingerprint density at radius 3 is 2.50 bits per heavy atom. The number of benzene rings is 1. The van der Waals surface area contributed by atoms with E-state index in [-0.39, 0.29) is 12.0 Å². The topological polar surface area (TPSA) is 85.5 Å². The minimum absolute atomic E-state index is 0.118. The van der Waals surface area contributed by atoms with Crippen LogP contribution >= 0.6 is 0 Å². The van der Waals surface area contributed by atoms with Gasteiger partial charge in [0.05, 0.1) is 11.7 Å². The SMILES string of the molecule is Cc1nonc1CC(O)/C(=C/c1ccccc1)C(=O)OC(C)(C)C. The lowest BCUT2D eigenvalue weighted by Gasteiger charge is -2.22. The summed E-state index contributed by atoms with van der Waals surface area (Å²) in [7, 11) is 0. The molecule has 0 spiro atoms. The van der Waals surface area contributed by atoms with Gasteiger partial charge in [0.25, 0.3) is 0 Å². The molecule has 2 rings (SSSR count). The first-order valence-electron chi connectivity index (χ1n) is 7.72. The highest BCUT2D eigenvalue weighted by molar-refractivity contribution is 5.95. The first kappa shape index (κ1) is 17.9. The summed E-state index contributed by atoms with van der Waals surface area (Å²) in [6.07, 6.45) is 0.667. The number of aliphatic hydroxyl groups is 1. The van der Waals surface area contributed by atoms with Crippen molar-refractivity contribution in [3.8, 4) is 0 Å². The fraction of sp³-hybridized carbons (Fsp3) is 0.389. The Morgan fingerprint density at radius 2 is 1.96 bits per heavy atom. The van der Waals surface area contributed by atoms with Crippen molar-refractivity contribution in [1.29, 1.82) is 0 Å². The zero-order valence-electron chi connectivity index (χ0n) is 14.3. The summed E-state index contributed by atoms with van der Waals surface area (Å²) >= 11 is 0. The number of aliphatic hydroxyl groups excluding tert-OH is 1. The first-order valence-corrected chi connectivity index (χ1v) is 7.72. The van der Waals surface area contributed by atoms with Crippen LogP contribution in [-0.4, -0.2) is 33.1 Å². The zero-order chi connectivity index (χ0) is 17.7. The quantitative estimate of drug-likeness (QED) is 0.670. The largest absolute Gasteiger partial charge is 0.457 e. The van der Waals surface area contributed by atoms with Crippen LogP contribution in [0.2, 0.25) is 0 Å². The number of rotatable bonds is 5. The number of aromatic nitrogens is 2. The molecule has 1 atom stereocenters. The predicted octanol–water partition coefficient (Wildman–Crippen LogP) is 2.71. The van der Waals surface area contributed by atoms with Gasteiger partial charge in [0.1, 0.15) is 17.0 Å². The van der Waals surface area contributed by atoms with E-state index in [4.69, 9.17) is 4.74 Å². The Kier molecular flexibility index (Phi) is 5.51. The summed E-state index contributed by atoms with van der Waals surface area (Å²) in [6, 6.07) is 9.29. The van der Waals surface area contributed by atoms with Crippen molar-refractivity contribution in [3.63, 3.8) is 0 Å². The summed E-state index contributed by atoms with van der Waals surface area (Å²) in [6.45, 7) is 7.07. The monoisotopic (exact) mass is 330 g/mol. The summed E-state index contributed by atoms with van der Waals surface area (Å²) < 4.78 is 10.1. The van der Waals surface area contributed by atoms with Gasteiger partial charge in [-0.3, -0.25) is 0 Å². The maximum Gasteiger partial charge on any atom is 0.337 e. The van der Waals surface area contributed by atoms with E-state index in [1.165, 1.54) is 0 Å². The Morgan fingerprint density at radius 1 is 1.29 bits per heavy atom. The Labute approximate surface area is 141 Å². The van der Waals surface area contributed by atoms with Crippen LogP contribution < -0.4 is 0 Å².